The third-order valence-corrected chi connectivity index (χ3v) is 5.75. The first kappa shape index (κ1) is 15.8. The normalized spacial score (nSPS) is 12.5. The van der Waals surface area contributed by atoms with Crippen LogP contribution in [0.4, 0.5) is 0 Å². The molecule has 1 unspecified atom stereocenters. The largest absolute Gasteiger partial charge is 0.113 e. The minimum Gasteiger partial charge on any atom is -0.113 e. The molecule has 0 aliphatic rings. The molecule has 0 N–H and O–H groups in total. The number of rotatable bonds is 2. The van der Waals surface area contributed by atoms with Crippen LogP contribution in [0.15, 0.2) is 43.7 Å². The number of hydrogen-bond acceptors (Lipinski definition) is 0. The molecule has 2 aromatic rings. The van der Waals surface area contributed by atoms with Crippen LogP contribution in [0.2, 0.25) is 5.02 Å². The van der Waals surface area contributed by atoms with Gasteiger partial charge in [0.05, 0.1) is 5.38 Å². The molecule has 0 saturated heterocycles. The van der Waals surface area contributed by atoms with Gasteiger partial charge < -0.3 is 0 Å². The second kappa shape index (κ2) is 6.48. The van der Waals surface area contributed by atoms with E-state index in [0.717, 1.165) is 30.1 Å². The van der Waals surface area contributed by atoms with Crippen LogP contribution in [0, 0.1) is 6.92 Å². The molecule has 2 rings (SSSR count). The van der Waals surface area contributed by atoms with Gasteiger partial charge in [0.15, 0.2) is 0 Å². The van der Waals surface area contributed by atoms with E-state index >= 15 is 0 Å². The maximum Gasteiger partial charge on any atom is 0.0858 e. The van der Waals surface area contributed by atoms with Crippen LogP contribution in [-0.2, 0) is 0 Å². The van der Waals surface area contributed by atoms with E-state index in [4.69, 9.17) is 23.2 Å². The van der Waals surface area contributed by atoms with Gasteiger partial charge in [-0.25, -0.2) is 0 Å². The van der Waals surface area contributed by atoms with Crippen molar-refractivity contribution in [3.8, 4) is 0 Å². The fraction of sp³-hybridized carbons (Fsp3) is 0.143. The van der Waals surface area contributed by atoms with Gasteiger partial charge in [0.1, 0.15) is 0 Å². The second-order valence-corrected chi connectivity index (χ2v) is 7.59. The maximum atomic E-state index is 6.60. The zero-order valence-corrected chi connectivity index (χ0v) is 16.1. The fourth-order valence-electron chi connectivity index (χ4n) is 1.73. The lowest BCUT2D eigenvalue weighted by Crippen LogP contribution is -1.97. The average molecular weight is 488 g/mol. The Morgan fingerprint density at radius 1 is 0.895 bits per heavy atom. The lowest BCUT2D eigenvalue weighted by molar-refractivity contribution is 1.11. The zero-order chi connectivity index (χ0) is 14.2. The Hall–Kier alpha value is 0.460. The van der Waals surface area contributed by atoms with Gasteiger partial charge in [0.25, 0.3) is 0 Å². The van der Waals surface area contributed by atoms with E-state index in [2.05, 4.69) is 47.8 Å². The van der Waals surface area contributed by atoms with Gasteiger partial charge in [0.2, 0.25) is 0 Å². The van der Waals surface area contributed by atoms with Crippen LogP contribution in [-0.4, -0.2) is 0 Å². The van der Waals surface area contributed by atoms with E-state index in [1.54, 1.807) is 0 Å². The first-order valence-corrected chi connectivity index (χ1v) is 8.64. The molecule has 2 aromatic carbocycles. The first-order chi connectivity index (χ1) is 8.90. The summed E-state index contributed by atoms with van der Waals surface area (Å²) in [5.41, 5.74) is 3.11. The third-order valence-electron chi connectivity index (χ3n) is 2.78. The molecule has 0 aromatic heterocycles. The van der Waals surface area contributed by atoms with Gasteiger partial charge in [-0.3, -0.25) is 0 Å². The van der Waals surface area contributed by atoms with Crippen molar-refractivity contribution >= 4 is 71.0 Å². The topological polar surface area (TPSA) is 0 Å². The van der Waals surface area contributed by atoms with E-state index in [1.807, 2.05) is 37.3 Å². The van der Waals surface area contributed by atoms with Crippen molar-refractivity contribution in [3.63, 3.8) is 0 Å². The minimum absolute atomic E-state index is 0.278. The quantitative estimate of drug-likeness (QED) is 0.391. The summed E-state index contributed by atoms with van der Waals surface area (Å²) in [6, 6.07) is 9.70. The van der Waals surface area contributed by atoms with Gasteiger partial charge >= 0.3 is 0 Å². The van der Waals surface area contributed by atoms with E-state index in [0.29, 0.717) is 5.02 Å². The molecular weight excluding hydrogens is 479 g/mol. The molecule has 0 heterocycles. The van der Waals surface area contributed by atoms with Crippen molar-refractivity contribution in [3.05, 3.63) is 65.5 Å². The molecular formula is C14H9Br3Cl2. The SMILES string of the molecule is Cc1cc(Br)c(C(Cl)c2cc(Cl)ccc2Br)cc1Br. The summed E-state index contributed by atoms with van der Waals surface area (Å²) in [5, 5.41) is 0.394. The summed E-state index contributed by atoms with van der Waals surface area (Å²) in [6.07, 6.45) is 0. The van der Waals surface area contributed by atoms with Gasteiger partial charge in [-0.15, -0.1) is 11.6 Å². The molecule has 0 amide bonds. The Morgan fingerprint density at radius 2 is 1.53 bits per heavy atom. The molecule has 0 nitrogen and oxygen atoms in total. The monoisotopic (exact) mass is 484 g/mol. The number of halogens is 5. The van der Waals surface area contributed by atoms with Gasteiger partial charge in [0, 0.05) is 18.4 Å². The lowest BCUT2D eigenvalue weighted by atomic mass is 10.0. The Morgan fingerprint density at radius 3 is 2.21 bits per heavy atom. The number of aryl methyl sites for hydroxylation is 1. The smallest absolute Gasteiger partial charge is 0.0858 e. The van der Waals surface area contributed by atoms with Gasteiger partial charge in [-0.1, -0.05) is 59.4 Å². The molecule has 0 spiro atoms. The predicted octanol–water partition coefficient (Wildman–Crippen LogP) is 7.26. The molecule has 100 valence electrons. The van der Waals surface area contributed by atoms with Crippen LogP contribution in [0.25, 0.3) is 0 Å². The van der Waals surface area contributed by atoms with Crippen LogP contribution in [0.1, 0.15) is 22.1 Å². The summed E-state index contributed by atoms with van der Waals surface area (Å²) in [4.78, 5) is 0. The predicted molar refractivity (Wildman–Crippen MR) is 93.4 cm³/mol. The summed E-state index contributed by atoms with van der Waals surface area (Å²) in [7, 11) is 0. The van der Waals surface area contributed by atoms with Crippen molar-refractivity contribution in [1.29, 1.82) is 0 Å². The second-order valence-electron chi connectivity index (χ2n) is 4.15. The zero-order valence-electron chi connectivity index (χ0n) is 9.85. The van der Waals surface area contributed by atoms with Gasteiger partial charge in [-0.05, 0) is 53.9 Å². The Balaban J connectivity index is 2.52. The molecule has 1 atom stereocenters. The molecule has 0 aliphatic carbocycles. The van der Waals surface area contributed by atoms with Crippen LogP contribution in [0.3, 0.4) is 0 Å². The molecule has 5 heteroatoms. The Kier molecular flexibility index (Phi) is 5.41. The molecule has 0 radical (unpaired) electrons. The van der Waals surface area contributed by atoms with Crippen molar-refractivity contribution in [2.45, 2.75) is 12.3 Å². The number of benzene rings is 2. The van der Waals surface area contributed by atoms with E-state index < -0.39 is 0 Å². The van der Waals surface area contributed by atoms with Crippen molar-refractivity contribution in [2.75, 3.05) is 0 Å². The number of hydrogen-bond donors (Lipinski definition) is 0. The summed E-state index contributed by atoms with van der Waals surface area (Å²) in [6.45, 7) is 2.04. The summed E-state index contributed by atoms with van der Waals surface area (Å²) in [5.74, 6) is 0. The summed E-state index contributed by atoms with van der Waals surface area (Å²) < 4.78 is 2.97. The lowest BCUT2D eigenvalue weighted by Gasteiger charge is -2.16. The van der Waals surface area contributed by atoms with E-state index in [1.165, 1.54) is 0 Å². The highest BCUT2D eigenvalue weighted by molar-refractivity contribution is 9.11. The first-order valence-electron chi connectivity index (χ1n) is 5.44. The average Bonchev–Trinajstić information content (AvgIpc) is 2.36. The molecule has 0 aliphatic heterocycles. The van der Waals surface area contributed by atoms with Crippen molar-refractivity contribution in [1.82, 2.24) is 0 Å². The summed E-state index contributed by atoms with van der Waals surface area (Å²) >= 11 is 23.3. The highest BCUT2D eigenvalue weighted by Gasteiger charge is 2.18. The van der Waals surface area contributed by atoms with Gasteiger partial charge in [-0.2, -0.15) is 0 Å². The van der Waals surface area contributed by atoms with E-state index in [-0.39, 0.29) is 5.38 Å². The maximum absolute atomic E-state index is 6.60. The molecule has 0 saturated carbocycles. The van der Waals surface area contributed by atoms with Crippen LogP contribution in [0.5, 0.6) is 0 Å². The van der Waals surface area contributed by atoms with Crippen molar-refractivity contribution in [2.24, 2.45) is 0 Å². The fourth-order valence-corrected chi connectivity index (χ4v) is 4.06. The Labute approximate surface area is 147 Å². The molecule has 0 fully saturated rings. The number of alkyl halides is 1. The van der Waals surface area contributed by atoms with E-state index in [9.17, 15) is 0 Å². The minimum atomic E-state index is -0.278. The van der Waals surface area contributed by atoms with Crippen molar-refractivity contribution < 1.29 is 0 Å². The standard InChI is InChI=1S/C14H9Br3Cl2/c1-7-4-13(17)10(6-12(7)16)14(19)9-5-8(18)2-3-11(9)15/h2-6,14H,1H3. The van der Waals surface area contributed by atoms with Crippen LogP contribution < -0.4 is 0 Å². The molecule has 19 heavy (non-hydrogen) atoms. The highest BCUT2D eigenvalue weighted by atomic mass is 79.9. The van der Waals surface area contributed by atoms with Crippen LogP contribution >= 0.6 is 71.0 Å². The molecule has 0 bridgehead atoms. The third kappa shape index (κ3) is 3.56. The highest BCUT2D eigenvalue weighted by Crippen LogP contribution is 2.40. The Bertz CT molecular complexity index is 626.